The van der Waals surface area contributed by atoms with E-state index in [1.54, 1.807) is 27.7 Å². The molecule has 1 aromatic rings. The fraction of sp³-hybridized carbons (Fsp3) is 0.652. The molecule has 0 spiro atoms. The lowest BCUT2D eigenvalue weighted by molar-refractivity contribution is -0.122. The molecular formula is C23H37N3O5. The van der Waals surface area contributed by atoms with Crippen molar-refractivity contribution in [2.24, 2.45) is 0 Å². The average Bonchev–Trinajstić information content (AvgIpc) is 2.71. The maximum Gasteiger partial charge on any atom is 0.408 e. The van der Waals surface area contributed by atoms with Crippen molar-refractivity contribution in [3.8, 4) is 5.75 Å². The Morgan fingerprint density at radius 1 is 1.26 bits per heavy atom. The van der Waals surface area contributed by atoms with E-state index in [2.05, 4.69) is 22.6 Å². The number of hydrogen-bond acceptors (Lipinski definition) is 6. The Balaban J connectivity index is 1.73. The lowest BCUT2D eigenvalue weighted by atomic mass is 10.1. The summed E-state index contributed by atoms with van der Waals surface area (Å²) in [6, 6.07) is 7.51. The molecule has 0 saturated carbocycles. The zero-order chi connectivity index (χ0) is 22.9. The second-order valence-corrected chi connectivity index (χ2v) is 8.91. The van der Waals surface area contributed by atoms with E-state index >= 15 is 0 Å². The van der Waals surface area contributed by atoms with Gasteiger partial charge in [0.15, 0.2) is 0 Å². The Kier molecular flexibility index (Phi) is 9.58. The molecule has 1 unspecified atom stereocenters. The normalized spacial score (nSPS) is 15.9. The molecule has 1 atom stereocenters. The minimum atomic E-state index is -0.699. The molecule has 1 heterocycles. The van der Waals surface area contributed by atoms with Gasteiger partial charge in [-0.15, -0.1) is 0 Å². The molecule has 0 radical (unpaired) electrons. The summed E-state index contributed by atoms with van der Waals surface area (Å²) in [6.45, 7) is 10.4. The second kappa shape index (κ2) is 11.9. The SMILES string of the molecule is CC(NC(=O)OC(C)(C)C)C(=O)NCc1cccc(OCCN(C)C2CCOCC2)c1. The number of carbonyl (C=O) groups excluding carboxylic acids is 2. The first-order chi connectivity index (χ1) is 14.6. The van der Waals surface area contributed by atoms with Gasteiger partial charge in [-0.3, -0.25) is 9.69 Å². The Labute approximate surface area is 185 Å². The van der Waals surface area contributed by atoms with Crippen molar-refractivity contribution < 1.29 is 23.8 Å². The van der Waals surface area contributed by atoms with Crippen LogP contribution in [0.15, 0.2) is 24.3 Å². The van der Waals surface area contributed by atoms with Crippen LogP contribution in [-0.4, -0.2) is 68.0 Å². The zero-order valence-corrected chi connectivity index (χ0v) is 19.4. The summed E-state index contributed by atoms with van der Waals surface area (Å²) in [7, 11) is 2.12. The minimum Gasteiger partial charge on any atom is -0.492 e. The lowest BCUT2D eigenvalue weighted by Gasteiger charge is -2.31. The predicted molar refractivity (Wildman–Crippen MR) is 119 cm³/mol. The second-order valence-electron chi connectivity index (χ2n) is 8.91. The van der Waals surface area contributed by atoms with E-state index in [-0.39, 0.29) is 5.91 Å². The van der Waals surface area contributed by atoms with Crippen molar-refractivity contribution in [2.75, 3.05) is 33.4 Å². The number of alkyl carbamates (subject to hydrolysis) is 1. The third-order valence-electron chi connectivity index (χ3n) is 5.02. The van der Waals surface area contributed by atoms with Crippen LogP contribution in [0.25, 0.3) is 0 Å². The van der Waals surface area contributed by atoms with Crippen LogP contribution >= 0.6 is 0 Å². The molecule has 2 amide bonds. The monoisotopic (exact) mass is 435 g/mol. The number of ether oxygens (including phenoxy) is 3. The maximum atomic E-state index is 12.3. The summed E-state index contributed by atoms with van der Waals surface area (Å²) in [5, 5.41) is 5.37. The molecule has 0 aliphatic carbocycles. The highest BCUT2D eigenvalue weighted by molar-refractivity contribution is 5.85. The molecule has 0 aromatic heterocycles. The molecule has 1 fully saturated rings. The molecule has 31 heavy (non-hydrogen) atoms. The first-order valence-corrected chi connectivity index (χ1v) is 10.9. The van der Waals surface area contributed by atoms with Crippen molar-refractivity contribution in [3.63, 3.8) is 0 Å². The standard InChI is InChI=1S/C23H37N3O5/c1-17(25-22(28)31-23(2,3)4)21(27)24-16-18-7-6-8-20(15-18)30-14-11-26(5)19-9-12-29-13-10-19/h6-8,15,17,19H,9-14,16H2,1-5H3,(H,24,27)(H,25,28). The molecule has 1 saturated heterocycles. The number of nitrogens with zero attached hydrogens (tertiary/aromatic N) is 1. The molecular weight excluding hydrogens is 398 g/mol. The van der Waals surface area contributed by atoms with E-state index in [1.165, 1.54) is 0 Å². The van der Waals surface area contributed by atoms with E-state index in [1.807, 2.05) is 24.3 Å². The molecule has 0 bridgehead atoms. The van der Waals surface area contributed by atoms with Gasteiger partial charge >= 0.3 is 6.09 Å². The molecule has 8 heteroatoms. The van der Waals surface area contributed by atoms with Gasteiger partial charge in [0.1, 0.15) is 24.0 Å². The van der Waals surface area contributed by atoms with Gasteiger partial charge < -0.3 is 24.8 Å². The molecule has 174 valence electrons. The molecule has 2 N–H and O–H groups in total. The quantitative estimate of drug-likeness (QED) is 0.620. The number of amides is 2. The summed E-state index contributed by atoms with van der Waals surface area (Å²) in [4.78, 5) is 26.4. The third-order valence-corrected chi connectivity index (χ3v) is 5.02. The van der Waals surface area contributed by atoms with Crippen molar-refractivity contribution in [3.05, 3.63) is 29.8 Å². The Morgan fingerprint density at radius 3 is 2.65 bits per heavy atom. The molecule has 1 aliphatic heterocycles. The summed E-state index contributed by atoms with van der Waals surface area (Å²) < 4.78 is 16.5. The van der Waals surface area contributed by atoms with Crippen LogP contribution in [0.2, 0.25) is 0 Å². The molecule has 1 aliphatic rings. The number of nitrogens with one attached hydrogen (secondary N) is 2. The van der Waals surface area contributed by atoms with E-state index in [0.717, 1.165) is 43.9 Å². The summed E-state index contributed by atoms with van der Waals surface area (Å²) in [6.07, 6.45) is 1.51. The topological polar surface area (TPSA) is 89.1 Å². The summed E-state index contributed by atoms with van der Waals surface area (Å²) in [5.74, 6) is 0.488. The van der Waals surface area contributed by atoms with E-state index in [0.29, 0.717) is 19.2 Å². The van der Waals surface area contributed by atoms with Crippen LogP contribution in [0.1, 0.15) is 46.1 Å². The Morgan fingerprint density at radius 2 is 1.97 bits per heavy atom. The van der Waals surface area contributed by atoms with Crippen LogP contribution in [0.4, 0.5) is 4.79 Å². The maximum absolute atomic E-state index is 12.3. The van der Waals surface area contributed by atoms with Gasteiger partial charge in [0.05, 0.1) is 0 Å². The number of rotatable bonds is 9. The highest BCUT2D eigenvalue weighted by atomic mass is 16.6. The van der Waals surface area contributed by atoms with Gasteiger partial charge in [-0.2, -0.15) is 0 Å². The van der Waals surface area contributed by atoms with E-state index in [9.17, 15) is 9.59 Å². The fourth-order valence-electron chi connectivity index (χ4n) is 3.25. The van der Waals surface area contributed by atoms with Gasteiger partial charge in [0, 0.05) is 32.3 Å². The Bertz CT molecular complexity index is 713. The largest absolute Gasteiger partial charge is 0.492 e. The lowest BCUT2D eigenvalue weighted by Crippen LogP contribution is -2.46. The third kappa shape index (κ3) is 9.57. The average molecular weight is 436 g/mol. The molecule has 8 nitrogen and oxygen atoms in total. The first-order valence-electron chi connectivity index (χ1n) is 10.9. The van der Waals surface area contributed by atoms with Crippen LogP contribution < -0.4 is 15.4 Å². The van der Waals surface area contributed by atoms with Gasteiger partial charge in [-0.1, -0.05) is 12.1 Å². The van der Waals surface area contributed by atoms with Gasteiger partial charge in [-0.05, 0) is 65.3 Å². The van der Waals surface area contributed by atoms with Gasteiger partial charge in [-0.25, -0.2) is 4.79 Å². The van der Waals surface area contributed by atoms with Crippen molar-refractivity contribution in [1.82, 2.24) is 15.5 Å². The van der Waals surface area contributed by atoms with Crippen molar-refractivity contribution in [2.45, 2.75) is 64.8 Å². The zero-order valence-electron chi connectivity index (χ0n) is 19.4. The fourth-order valence-corrected chi connectivity index (χ4v) is 3.25. The van der Waals surface area contributed by atoms with Gasteiger partial charge in [0.2, 0.25) is 5.91 Å². The smallest absolute Gasteiger partial charge is 0.408 e. The van der Waals surface area contributed by atoms with Crippen molar-refractivity contribution >= 4 is 12.0 Å². The first kappa shape index (κ1) is 24.9. The highest BCUT2D eigenvalue weighted by Gasteiger charge is 2.21. The summed E-state index contributed by atoms with van der Waals surface area (Å²) in [5.41, 5.74) is 0.313. The van der Waals surface area contributed by atoms with Crippen molar-refractivity contribution in [1.29, 1.82) is 0 Å². The number of likely N-dealkylation sites (N-methyl/N-ethyl adjacent to an activating group) is 1. The Hall–Kier alpha value is -2.32. The minimum absolute atomic E-state index is 0.282. The van der Waals surface area contributed by atoms with Crippen LogP contribution in [0.3, 0.4) is 0 Å². The van der Waals surface area contributed by atoms with Crippen LogP contribution in [-0.2, 0) is 20.8 Å². The van der Waals surface area contributed by atoms with E-state index < -0.39 is 17.7 Å². The molecule has 1 aromatic carbocycles. The number of hydrogen-bond donors (Lipinski definition) is 2. The number of carbonyl (C=O) groups is 2. The number of benzene rings is 1. The highest BCUT2D eigenvalue weighted by Crippen LogP contribution is 2.15. The van der Waals surface area contributed by atoms with E-state index in [4.69, 9.17) is 14.2 Å². The van der Waals surface area contributed by atoms with Gasteiger partial charge in [0.25, 0.3) is 0 Å². The predicted octanol–water partition coefficient (Wildman–Crippen LogP) is 2.71. The summed E-state index contributed by atoms with van der Waals surface area (Å²) >= 11 is 0. The van der Waals surface area contributed by atoms with Crippen LogP contribution in [0, 0.1) is 0 Å². The van der Waals surface area contributed by atoms with Crippen LogP contribution in [0.5, 0.6) is 5.75 Å². The molecule has 2 rings (SSSR count).